The Kier molecular flexibility index (Phi) is 8.16. The lowest BCUT2D eigenvalue weighted by Crippen LogP contribution is -2.48. The van der Waals surface area contributed by atoms with Crippen molar-refractivity contribution in [2.75, 3.05) is 39.4 Å². The number of piperazine rings is 1. The van der Waals surface area contributed by atoms with E-state index >= 15 is 0 Å². The van der Waals surface area contributed by atoms with Crippen LogP contribution in [0.4, 0.5) is 0 Å². The van der Waals surface area contributed by atoms with Crippen molar-refractivity contribution in [2.24, 2.45) is 0 Å². The average Bonchev–Trinajstić information content (AvgIpc) is 2.79. The maximum Gasteiger partial charge on any atom is 0.254 e. The number of carbonyl (C=O) groups excluding carboxylic acids is 1. The van der Waals surface area contributed by atoms with Crippen molar-refractivity contribution in [3.05, 3.63) is 58.1 Å². The van der Waals surface area contributed by atoms with Gasteiger partial charge in [-0.05, 0) is 43.2 Å². The van der Waals surface area contributed by atoms with Gasteiger partial charge in [-0.15, -0.1) is 0 Å². The van der Waals surface area contributed by atoms with Crippen LogP contribution in [0.5, 0.6) is 11.5 Å². The van der Waals surface area contributed by atoms with E-state index in [1.165, 1.54) is 0 Å². The molecule has 3 rings (SSSR count). The van der Waals surface area contributed by atoms with E-state index in [4.69, 9.17) is 26.3 Å². The van der Waals surface area contributed by atoms with Crippen molar-refractivity contribution >= 4 is 17.5 Å². The van der Waals surface area contributed by atoms with Crippen LogP contribution in [0.15, 0.2) is 36.4 Å². The third-order valence-electron chi connectivity index (χ3n) is 5.16. The van der Waals surface area contributed by atoms with Crippen LogP contribution < -0.4 is 9.47 Å². The molecule has 1 fully saturated rings. The Bertz CT molecular complexity index is 932. The van der Waals surface area contributed by atoms with Gasteiger partial charge in [0.25, 0.3) is 5.91 Å². The molecule has 6 nitrogen and oxygen atoms in total. The van der Waals surface area contributed by atoms with Crippen LogP contribution in [0.3, 0.4) is 0 Å². The molecule has 0 N–H and O–H groups in total. The Balaban J connectivity index is 1.63. The highest BCUT2D eigenvalue weighted by Crippen LogP contribution is 2.37. The molecule has 1 amide bonds. The van der Waals surface area contributed by atoms with Crippen LogP contribution in [0, 0.1) is 11.3 Å². The normalized spacial score (nSPS) is 14.2. The zero-order chi connectivity index (χ0) is 22.2. The number of nitrogens with zero attached hydrogens (tertiary/aromatic N) is 3. The van der Waals surface area contributed by atoms with Gasteiger partial charge in [0.05, 0.1) is 29.9 Å². The first-order valence-corrected chi connectivity index (χ1v) is 11.0. The average molecular weight is 442 g/mol. The Morgan fingerprint density at radius 1 is 1.10 bits per heavy atom. The molecule has 2 aromatic rings. The largest absolute Gasteiger partial charge is 0.490 e. The first-order chi connectivity index (χ1) is 15.0. The van der Waals surface area contributed by atoms with E-state index in [2.05, 4.69) is 11.0 Å². The Morgan fingerprint density at radius 2 is 1.81 bits per heavy atom. The minimum Gasteiger partial charge on any atom is -0.490 e. The van der Waals surface area contributed by atoms with Gasteiger partial charge in [0.2, 0.25) is 0 Å². The predicted octanol–water partition coefficient (Wildman–Crippen LogP) is 4.36. The summed E-state index contributed by atoms with van der Waals surface area (Å²) in [5.74, 6) is 0.948. The molecule has 31 heavy (non-hydrogen) atoms. The summed E-state index contributed by atoms with van der Waals surface area (Å²) in [6.07, 6.45) is 0.856. The van der Waals surface area contributed by atoms with Crippen molar-refractivity contribution in [2.45, 2.75) is 26.8 Å². The first-order valence-electron chi connectivity index (χ1n) is 10.7. The molecule has 1 heterocycles. The lowest BCUT2D eigenvalue weighted by atomic mass is 10.1. The van der Waals surface area contributed by atoms with Crippen LogP contribution in [0.2, 0.25) is 5.02 Å². The first kappa shape index (κ1) is 22.9. The number of hydrogen-bond acceptors (Lipinski definition) is 5. The lowest BCUT2D eigenvalue weighted by Gasteiger charge is -2.35. The minimum absolute atomic E-state index is 0.0529. The number of ether oxygens (including phenoxy) is 2. The van der Waals surface area contributed by atoms with Gasteiger partial charge >= 0.3 is 0 Å². The van der Waals surface area contributed by atoms with E-state index in [0.29, 0.717) is 54.0 Å². The molecule has 0 atom stereocenters. The number of rotatable bonds is 8. The summed E-state index contributed by atoms with van der Waals surface area (Å²) in [6, 6.07) is 13.2. The van der Waals surface area contributed by atoms with Crippen molar-refractivity contribution < 1.29 is 14.3 Å². The molecule has 1 aliphatic rings. The van der Waals surface area contributed by atoms with Crippen molar-refractivity contribution in [1.82, 2.24) is 9.80 Å². The third kappa shape index (κ3) is 5.90. The van der Waals surface area contributed by atoms with Gasteiger partial charge in [0, 0.05) is 38.3 Å². The highest BCUT2D eigenvalue weighted by molar-refractivity contribution is 6.32. The molecule has 0 aromatic heterocycles. The molecule has 1 saturated heterocycles. The molecule has 2 aromatic carbocycles. The van der Waals surface area contributed by atoms with Crippen LogP contribution in [-0.2, 0) is 6.54 Å². The van der Waals surface area contributed by atoms with Crippen molar-refractivity contribution in [3.8, 4) is 17.6 Å². The van der Waals surface area contributed by atoms with Gasteiger partial charge in [-0.1, -0.05) is 30.7 Å². The van der Waals surface area contributed by atoms with E-state index in [1.807, 2.05) is 43.0 Å². The Labute approximate surface area is 188 Å². The van der Waals surface area contributed by atoms with E-state index < -0.39 is 0 Å². The molecule has 0 bridgehead atoms. The van der Waals surface area contributed by atoms with Crippen molar-refractivity contribution in [1.29, 1.82) is 5.26 Å². The number of halogens is 1. The quantitative estimate of drug-likeness (QED) is 0.609. The summed E-state index contributed by atoms with van der Waals surface area (Å²) in [5, 5.41) is 9.31. The molecule has 0 unspecified atom stereocenters. The lowest BCUT2D eigenvalue weighted by molar-refractivity contribution is 0.0628. The predicted molar refractivity (Wildman–Crippen MR) is 121 cm³/mol. The van der Waals surface area contributed by atoms with Crippen LogP contribution in [0.1, 0.15) is 41.8 Å². The second kappa shape index (κ2) is 11.0. The molecule has 0 aliphatic carbocycles. The van der Waals surface area contributed by atoms with Gasteiger partial charge in [0.15, 0.2) is 11.5 Å². The zero-order valence-electron chi connectivity index (χ0n) is 18.1. The van der Waals surface area contributed by atoms with E-state index in [0.717, 1.165) is 31.6 Å². The molecule has 0 spiro atoms. The molecule has 7 heteroatoms. The second-order valence-electron chi connectivity index (χ2n) is 7.44. The smallest absolute Gasteiger partial charge is 0.254 e. The highest BCUT2D eigenvalue weighted by Gasteiger charge is 2.24. The van der Waals surface area contributed by atoms with Gasteiger partial charge in [-0.25, -0.2) is 0 Å². The molecular weight excluding hydrogens is 414 g/mol. The number of carbonyl (C=O) groups is 1. The summed E-state index contributed by atoms with van der Waals surface area (Å²) >= 11 is 6.42. The van der Waals surface area contributed by atoms with Crippen LogP contribution in [0.25, 0.3) is 0 Å². The fraction of sp³-hybridized carbons (Fsp3) is 0.417. The van der Waals surface area contributed by atoms with Crippen molar-refractivity contribution in [3.63, 3.8) is 0 Å². The summed E-state index contributed by atoms with van der Waals surface area (Å²) in [7, 11) is 0. The monoisotopic (exact) mass is 441 g/mol. The SMILES string of the molecule is CCCOc1c(Cl)cc(C(=O)N2CCN(Cc3ccc(C#N)cc3)CC2)cc1OCC. The molecule has 1 aliphatic heterocycles. The number of amides is 1. The molecular formula is C24H28ClN3O3. The molecule has 0 radical (unpaired) electrons. The minimum atomic E-state index is -0.0529. The third-order valence-corrected chi connectivity index (χ3v) is 5.44. The zero-order valence-corrected chi connectivity index (χ0v) is 18.8. The van der Waals surface area contributed by atoms with Gasteiger partial charge in [0.1, 0.15) is 0 Å². The Hall–Kier alpha value is -2.75. The molecule has 0 saturated carbocycles. The fourth-order valence-electron chi connectivity index (χ4n) is 3.53. The summed E-state index contributed by atoms with van der Waals surface area (Å²) in [4.78, 5) is 17.3. The summed E-state index contributed by atoms with van der Waals surface area (Å²) in [6.45, 7) is 8.57. The van der Waals surface area contributed by atoms with Gasteiger partial charge in [-0.3, -0.25) is 9.69 Å². The topological polar surface area (TPSA) is 65.8 Å². The summed E-state index contributed by atoms with van der Waals surface area (Å²) < 4.78 is 11.4. The maximum absolute atomic E-state index is 13.1. The number of benzene rings is 2. The second-order valence-corrected chi connectivity index (χ2v) is 7.85. The van der Waals surface area contributed by atoms with Crippen LogP contribution in [-0.4, -0.2) is 55.1 Å². The van der Waals surface area contributed by atoms with Gasteiger partial charge in [-0.2, -0.15) is 5.26 Å². The highest BCUT2D eigenvalue weighted by atomic mass is 35.5. The Morgan fingerprint density at radius 3 is 2.42 bits per heavy atom. The van der Waals surface area contributed by atoms with E-state index in [9.17, 15) is 4.79 Å². The van der Waals surface area contributed by atoms with E-state index in [-0.39, 0.29) is 5.91 Å². The van der Waals surface area contributed by atoms with E-state index in [1.54, 1.807) is 12.1 Å². The fourth-order valence-corrected chi connectivity index (χ4v) is 3.80. The number of nitriles is 1. The summed E-state index contributed by atoms with van der Waals surface area (Å²) in [5.41, 5.74) is 2.34. The standard InChI is InChI=1S/C24H28ClN3O3/c1-3-13-31-23-21(25)14-20(15-22(23)30-4-2)24(29)28-11-9-27(10-12-28)17-19-7-5-18(16-26)6-8-19/h5-8,14-15H,3-4,9-13,17H2,1-2H3. The van der Waals surface area contributed by atoms with Crippen LogP contribution >= 0.6 is 11.6 Å². The molecule has 164 valence electrons. The maximum atomic E-state index is 13.1. The van der Waals surface area contributed by atoms with Gasteiger partial charge < -0.3 is 14.4 Å². The number of hydrogen-bond donors (Lipinski definition) is 0.